The summed E-state index contributed by atoms with van der Waals surface area (Å²) in [6.07, 6.45) is 27.4. The number of aliphatic carboxylic acids is 2. The Morgan fingerprint density at radius 1 is 0.450 bits per heavy atom. The van der Waals surface area contributed by atoms with Crippen LogP contribution in [0.3, 0.4) is 0 Å². The third kappa shape index (κ3) is 24.6. The number of aromatic nitrogens is 2. The maximum atomic E-state index is 13.1. The molecule has 672 valence electrons. The highest BCUT2D eigenvalue weighted by Crippen LogP contribution is 2.53. The van der Waals surface area contributed by atoms with Gasteiger partial charge in [-0.25, -0.2) is 14.4 Å². The summed E-state index contributed by atoms with van der Waals surface area (Å²) < 4.78 is 18.2. The fraction of sp³-hybridized carbons (Fsp3) is 0.352. The zero-order valence-corrected chi connectivity index (χ0v) is 75.3. The van der Waals surface area contributed by atoms with Crippen LogP contribution in [0.1, 0.15) is 227 Å². The Morgan fingerprint density at radius 2 is 0.845 bits per heavy atom. The predicted molar refractivity (Wildman–Crippen MR) is 510 cm³/mol. The van der Waals surface area contributed by atoms with E-state index in [0.717, 1.165) is 175 Å². The smallest absolute Gasteiger partial charge is 0.415 e. The monoisotopic (exact) mass is 1850 g/mol. The number of hydrogen-bond donors (Lipinski definition) is 9. The third-order valence-electron chi connectivity index (χ3n) is 25.7. The number of anilines is 3. The molecule has 23 nitrogen and oxygen atoms in total. The molecule has 11 aromatic rings. The Bertz CT molecular complexity index is 5420. The summed E-state index contributed by atoms with van der Waals surface area (Å²) >= 11 is 2.21. The van der Waals surface area contributed by atoms with E-state index in [1.807, 2.05) is 188 Å². The third-order valence-corrected chi connectivity index (χ3v) is 26.4. The van der Waals surface area contributed by atoms with Gasteiger partial charge >= 0.3 is 30.2 Å². The number of nitrogens with one attached hydrogen (secondary N) is 6. The van der Waals surface area contributed by atoms with Gasteiger partial charge in [0.25, 0.3) is 11.8 Å². The Morgan fingerprint density at radius 3 is 1.26 bits per heavy atom. The van der Waals surface area contributed by atoms with E-state index in [1.54, 1.807) is 53.7 Å². The number of carbonyl (C=O) groups excluding carboxylic acids is 6. The highest BCUT2D eigenvalue weighted by molar-refractivity contribution is 14.1. The molecular weight excluding hydrogens is 1740 g/mol. The first-order valence-corrected chi connectivity index (χ1v) is 46.2. The number of likely N-dealkylation sites (N-methyl/N-ethyl adjacent to an activating group) is 2. The highest BCUT2D eigenvalue weighted by Gasteiger charge is 2.57. The van der Waals surface area contributed by atoms with Gasteiger partial charge in [-0.3, -0.25) is 38.8 Å². The van der Waals surface area contributed by atoms with Crippen LogP contribution in [0.2, 0.25) is 0 Å². The number of ketones is 1. The van der Waals surface area contributed by atoms with E-state index in [9.17, 15) is 48.6 Å². The number of rotatable bonds is 15. The number of carbonyl (C=O) groups is 8. The van der Waals surface area contributed by atoms with Crippen molar-refractivity contribution >= 4 is 109 Å². The van der Waals surface area contributed by atoms with Crippen LogP contribution < -0.4 is 36.8 Å². The normalized spacial score (nSPS) is 20.3. The van der Waals surface area contributed by atoms with Crippen molar-refractivity contribution in [3.05, 3.63) is 316 Å². The standard InChI is InChI=1S/C29H25N3O3.C16H11IN2O.2C13H15NO2.C13H16O3.C8H18N2.C8H8O2.C5H8O/c33-27(31-24-12-6-10-20-11-7-19-30-25(20)24)22-13-15-23(16-14-22)32-26(21-8-2-1-3-9-21)29(35-28(32)34)17-4-5-18-29;17-13-8-6-12(7-9-13)16(20)19-14-5-1-3-11-4-2-10-18-15(11)14;2*15-12-14-11(10-6-2-1-3-7-10)13(16-12)8-4-5-9-13;14-12(15)11(10-6-2-1-3-7-10)13(16)8-4-5-9-13;1-9-7-5-3-4-6-8(7)10-2;9-8(10)6-7-4-2-1-3-5-7;6-5-3-1-2-4-5/h1-3,6-16,19,26H,4-5,17-18H2,(H,31,33);1-10H,(H,19,20);2*1-3,6-7,11H,4-5,8-9H2,(H,14,15);1-3,6-7,11,16H,4-5,8-9H2,(H,14,15);7-10H,3-6H2,1-2H3;1-5H,6H2,(H,9,10);1-4H2/t;;;;;7-,8-;;/m.....1../s1. The van der Waals surface area contributed by atoms with Crippen molar-refractivity contribution < 1.29 is 67.9 Å². The molecule has 6 atom stereocenters. The Labute approximate surface area is 767 Å². The van der Waals surface area contributed by atoms with Crippen LogP contribution in [0.25, 0.3) is 21.8 Å². The van der Waals surface area contributed by atoms with Crippen molar-refractivity contribution in [3.63, 3.8) is 0 Å². The highest BCUT2D eigenvalue weighted by atomic mass is 127. The Hall–Kier alpha value is -12.2. The summed E-state index contributed by atoms with van der Waals surface area (Å²) in [5, 5.41) is 48.5. The van der Waals surface area contributed by atoms with Crippen molar-refractivity contribution in [1.82, 2.24) is 31.2 Å². The zero-order valence-electron chi connectivity index (χ0n) is 73.2. The van der Waals surface area contributed by atoms with Gasteiger partial charge in [-0.15, -0.1) is 0 Å². The molecule has 9 N–H and O–H groups in total. The van der Waals surface area contributed by atoms with E-state index >= 15 is 0 Å². The molecule has 20 rings (SSSR count). The summed E-state index contributed by atoms with van der Waals surface area (Å²) in [6.45, 7) is 0. The van der Waals surface area contributed by atoms with E-state index in [4.69, 9.17) is 19.3 Å². The molecule has 5 heterocycles. The van der Waals surface area contributed by atoms with Crippen LogP contribution in [0.15, 0.2) is 273 Å². The van der Waals surface area contributed by atoms with Gasteiger partial charge in [0.1, 0.15) is 34.5 Å². The number of carboxylic acids is 2. The minimum Gasteiger partial charge on any atom is -0.481 e. The number of ether oxygens (including phenoxy) is 3. The van der Waals surface area contributed by atoms with E-state index in [-0.39, 0.29) is 65.8 Å². The van der Waals surface area contributed by atoms with Crippen molar-refractivity contribution in [1.29, 1.82) is 0 Å². The number of benzene rings is 9. The molecule has 3 spiro atoms. The molecule has 5 amide bonds. The Balaban J connectivity index is 0.000000132. The molecule has 0 bridgehead atoms. The molecule has 6 saturated carbocycles. The Kier molecular flexibility index (Phi) is 33.4. The van der Waals surface area contributed by atoms with Gasteiger partial charge in [0.15, 0.2) is 0 Å². The van der Waals surface area contributed by atoms with Crippen LogP contribution in [-0.4, -0.2) is 122 Å². The quantitative estimate of drug-likeness (QED) is 0.0340. The number of aliphatic hydroxyl groups is 1. The van der Waals surface area contributed by atoms with Gasteiger partial charge in [-0.05, 0) is 253 Å². The second kappa shape index (κ2) is 45.7. The minimum absolute atomic E-state index is 0.0312. The number of amides is 5. The summed E-state index contributed by atoms with van der Waals surface area (Å²) in [6, 6.07) is 83.4. The largest absolute Gasteiger partial charge is 0.481 e. The van der Waals surface area contributed by atoms with Crippen LogP contribution in [0.5, 0.6) is 0 Å². The fourth-order valence-electron chi connectivity index (χ4n) is 19.3. The molecule has 129 heavy (non-hydrogen) atoms. The number of halogens is 1. The van der Waals surface area contributed by atoms with Crippen LogP contribution >= 0.6 is 22.6 Å². The number of alkyl carbamates (subject to hydrolysis) is 2. The average molecular weight is 1860 g/mol. The topological polar surface area (TPSA) is 326 Å². The SMILES string of the molecule is CN[C@@H]1CCCC[C@H]1NC.O=C(Nc1cccc2cccnc12)c1ccc(I)cc1.O=C(Nc1cccc2cccnc12)c1ccc(N2C(=O)OC3(CCCC3)C2c2ccccc2)cc1.O=C(O)C(c1ccccc1)C1(O)CCCC1.O=C(O)Cc1ccccc1.O=C1CCCC1.O=C1NC(c2ccccc2)C2(CCCC2)O1.O=C1NC(c2ccccc2)C2(CCCC2)O1. The van der Waals surface area contributed by atoms with Crippen molar-refractivity contribution in [3.8, 4) is 0 Å². The molecule has 24 heteroatoms. The lowest BCUT2D eigenvalue weighted by Crippen LogP contribution is -2.47. The number of hydrogen-bond acceptors (Lipinski definition) is 16. The number of para-hydroxylation sites is 2. The summed E-state index contributed by atoms with van der Waals surface area (Å²) in [4.78, 5) is 103. The van der Waals surface area contributed by atoms with Crippen LogP contribution in [-0.2, 0) is 35.0 Å². The number of nitrogens with zero attached hydrogens (tertiary/aromatic N) is 3. The minimum atomic E-state index is -1.06. The lowest BCUT2D eigenvalue weighted by atomic mass is 9.81. The van der Waals surface area contributed by atoms with Crippen molar-refractivity contribution in [2.24, 2.45) is 0 Å². The van der Waals surface area contributed by atoms with Gasteiger partial charge in [0, 0.05) is 68.5 Å². The van der Waals surface area contributed by atoms with Crippen LogP contribution in [0.4, 0.5) is 31.4 Å². The number of Topliss-reactive ketones (excluding diaryl/α,β-unsaturated/α-hetero) is 1. The van der Waals surface area contributed by atoms with Crippen molar-refractivity contribution in [2.45, 2.75) is 219 Å². The lowest BCUT2D eigenvalue weighted by Gasteiger charge is -2.32. The number of carboxylic acid groups (broad SMARTS) is 2. The van der Waals surface area contributed by atoms with E-state index in [1.165, 1.54) is 25.7 Å². The number of pyridine rings is 2. The molecule has 0 radical (unpaired) electrons. The number of fused-ring (bicyclic) bond motifs is 2. The molecule has 9 fully saturated rings. The molecule has 3 saturated heterocycles. The van der Waals surface area contributed by atoms with Gasteiger partial charge < -0.3 is 61.4 Å². The van der Waals surface area contributed by atoms with E-state index in [0.29, 0.717) is 53.1 Å². The molecule has 9 aromatic carbocycles. The van der Waals surface area contributed by atoms with Gasteiger partial charge in [-0.1, -0.05) is 214 Å². The van der Waals surface area contributed by atoms with E-state index < -0.39 is 29.1 Å². The second-order valence-electron chi connectivity index (χ2n) is 34.2. The van der Waals surface area contributed by atoms with Crippen LogP contribution in [0, 0.1) is 3.57 Å². The predicted octanol–water partition coefficient (Wildman–Crippen LogP) is 21.5. The molecule has 6 aliphatic carbocycles. The second-order valence-corrected chi connectivity index (χ2v) is 35.5. The molecule has 9 aliphatic rings. The first kappa shape index (κ1) is 94.4. The van der Waals surface area contributed by atoms with Gasteiger partial charge in [0.05, 0.1) is 46.5 Å². The summed E-state index contributed by atoms with van der Waals surface area (Å²) in [5.74, 6) is -2.42. The first-order valence-electron chi connectivity index (χ1n) is 45.1. The van der Waals surface area contributed by atoms with Crippen molar-refractivity contribution in [2.75, 3.05) is 29.6 Å². The summed E-state index contributed by atoms with van der Waals surface area (Å²) in [5.41, 5.74) is 7.56. The molecular formula is C105H116IN9O14. The first-order chi connectivity index (χ1) is 62.7. The zero-order chi connectivity index (χ0) is 90.6. The maximum Gasteiger partial charge on any atom is 0.415 e. The maximum absolute atomic E-state index is 13.1. The fourth-order valence-corrected chi connectivity index (χ4v) is 19.6. The molecule has 2 aromatic heterocycles. The van der Waals surface area contributed by atoms with E-state index in [2.05, 4.69) is 115 Å². The van der Waals surface area contributed by atoms with Gasteiger partial charge in [-0.2, -0.15) is 0 Å². The lowest BCUT2D eigenvalue weighted by molar-refractivity contribution is -0.146. The summed E-state index contributed by atoms with van der Waals surface area (Å²) in [7, 11) is 4.11. The van der Waals surface area contributed by atoms with Gasteiger partial charge in [0.2, 0.25) is 0 Å². The average Bonchev–Trinajstić information content (AvgIpc) is 1.58. The molecule has 3 aliphatic heterocycles. The molecule has 4 unspecified atom stereocenters.